The van der Waals surface area contributed by atoms with E-state index in [9.17, 15) is 9.90 Å². The summed E-state index contributed by atoms with van der Waals surface area (Å²) in [5.74, 6) is 0.154. The van der Waals surface area contributed by atoms with Gasteiger partial charge in [-0.15, -0.1) is 11.3 Å². The normalized spacial score (nSPS) is 29.2. The molecule has 5 heterocycles. The first-order valence-electron chi connectivity index (χ1n) is 8.00. The number of rotatable bonds is 4. The third-order valence-corrected chi connectivity index (χ3v) is 6.10. The zero-order valence-electron chi connectivity index (χ0n) is 12.8. The van der Waals surface area contributed by atoms with Crippen molar-refractivity contribution >= 4 is 17.2 Å². The van der Waals surface area contributed by atoms with Crippen LogP contribution in [0.4, 0.5) is 0 Å². The number of fused-ring (bicyclic) bond motifs is 3. The van der Waals surface area contributed by atoms with E-state index in [0.717, 1.165) is 32.5 Å². The summed E-state index contributed by atoms with van der Waals surface area (Å²) in [5.41, 5.74) is -1.22. The standard InChI is InChI=1S/C17H20N2O3S/c20-16(18-14-10-19-6-3-12(14)4-7-19)17(21,13-5-8-22-11-13)15-2-1-9-23-15/h1-2,5,8-9,11-12,14,21H,3-4,6-7,10H2,(H,18,20)/t14-,17?/m0/s1. The fourth-order valence-electron chi connectivity index (χ4n) is 3.74. The summed E-state index contributed by atoms with van der Waals surface area (Å²) in [6, 6.07) is 5.39. The molecule has 0 aromatic carbocycles. The number of thiophene rings is 1. The number of piperidine rings is 3. The van der Waals surface area contributed by atoms with Crippen LogP contribution in [0.3, 0.4) is 0 Å². The third-order valence-electron chi connectivity index (χ3n) is 5.12. The average molecular weight is 332 g/mol. The fraction of sp³-hybridized carbons (Fsp3) is 0.471. The molecular weight excluding hydrogens is 312 g/mol. The van der Waals surface area contributed by atoms with Crippen LogP contribution in [0.1, 0.15) is 23.3 Å². The van der Waals surface area contributed by atoms with Gasteiger partial charge in [0.25, 0.3) is 5.91 Å². The molecule has 2 atom stereocenters. The van der Waals surface area contributed by atoms with E-state index in [1.165, 1.54) is 23.9 Å². The van der Waals surface area contributed by atoms with Crippen molar-refractivity contribution in [3.05, 3.63) is 46.5 Å². The molecule has 2 N–H and O–H groups in total. The van der Waals surface area contributed by atoms with E-state index in [-0.39, 0.29) is 11.9 Å². The number of amides is 1. The minimum atomic E-state index is -1.69. The Morgan fingerprint density at radius 1 is 1.39 bits per heavy atom. The molecular formula is C17H20N2O3S. The Kier molecular flexibility index (Phi) is 3.75. The maximum absolute atomic E-state index is 13.0. The molecule has 3 aliphatic rings. The molecule has 0 spiro atoms. The molecule has 5 nitrogen and oxygen atoms in total. The number of aliphatic hydroxyl groups is 1. The second-order valence-electron chi connectivity index (χ2n) is 6.42. The van der Waals surface area contributed by atoms with Crippen molar-refractivity contribution in [2.75, 3.05) is 19.6 Å². The molecule has 3 fully saturated rings. The lowest BCUT2D eigenvalue weighted by molar-refractivity contribution is -0.138. The van der Waals surface area contributed by atoms with Gasteiger partial charge in [0, 0.05) is 18.2 Å². The highest BCUT2D eigenvalue weighted by Crippen LogP contribution is 2.35. The molecule has 0 saturated carbocycles. The molecule has 3 aliphatic heterocycles. The van der Waals surface area contributed by atoms with Crippen LogP contribution in [0.15, 0.2) is 40.5 Å². The van der Waals surface area contributed by atoms with E-state index in [2.05, 4.69) is 10.2 Å². The van der Waals surface area contributed by atoms with E-state index in [1.54, 1.807) is 12.1 Å². The van der Waals surface area contributed by atoms with E-state index < -0.39 is 5.60 Å². The first-order valence-corrected chi connectivity index (χ1v) is 8.88. The lowest BCUT2D eigenvalue weighted by Gasteiger charge is -2.45. The second kappa shape index (κ2) is 5.78. The molecule has 5 rings (SSSR count). The van der Waals surface area contributed by atoms with Crippen LogP contribution in [-0.2, 0) is 10.4 Å². The van der Waals surface area contributed by atoms with Gasteiger partial charge in [0.1, 0.15) is 0 Å². The lowest BCUT2D eigenvalue weighted by Crippen LogP contribution is -2.60. The van der Waals surface area contributed by atoms with Crippen molar-refractivity contribution in [3.63, 3.8) is 0 Å². The predicted octanol–water partition coefficient (Wildman–Crippen LogP) is 1.79. The van der Waals surface area contributed by atoms with Gasteiger partial charge in [0.05, 0.1) is 17.4 Å². The monoisotopic (exact) mass is 332 g/mol. The molecule has 2 aromatic heterocycles. The smallest absolute Gasteiger partial charge is 0.262 e. The molecule has 0 aliphatic carbocycles. The Balaban J connectivity index is 1.61. The van der Waals surface area contributed by atoms with Gasteiger partial charge in [-0.25, -0.2) is 0 Å². The maximum Gasteiger partial charge on any atom is 0.262 e. The Bertz CT molecular complexity index is 626. The molecule has 2 bridgehead atoms. The van der Waals surface area contributed by atoms with Gasteiger partial charge in [-0.3, -0.25) is 4.79 Å². The van der Waals surface area contributed by atoms with Crippen LogP contribution < -0.4 is 5.32 Å². The number of hydrogen-bond donors (Lipinski definition) is 2. The molecule has 1 amide bonds. The SMILES string of the molecule is O=C(N[C@H]1CN2CCC1CC2)C(O)(c1ccoc1)c1cccs1. The first kappa shape index (κ1) is 14.9. The van der Waals surface area contributed by atoms with Gasteiger partial charge in [-0.05, 0) is 49.4 Å². The number of nitrogens with zero attached hydrogens (tertiary/aromatic N) is 1. The molecule has 6 heteroatoms. The predicted molar refractivity (Wildman–Crippen MR) is 87.1 cm³/mol. The summed E-state index contributed by atoms with van der Waals surface area (Å²) >= 11 is 1.37. The van der Waals surface area contributed by atoms with Crippen LogP contribution in [0.25, 0.3) is 0 Å². The van der Waals surface area contributed by atoms with Crippen LogP contribution in [0, 0.1) is 5.92 Å². The van der Waals surface area contributed by atoms with E-state index in [0.29, 0.717) is 16.4 Å². The highest BCUT2D eigenvalue weighted by atomic mass is 32.1. The Morgan fingerprint density at radius 3 is 2.78 bits per heavy atom. The summed E-state index contributed by atoms with van der Waals surface area (Å²) in [7, 11) is 0. The minimum absolute atomic E-state index is 0.114. The highest BCUT2D eigenvalue weighted by molar-refractivity contribution is 7.10. The van der Waals surface area contributed by atoms with Gasteiger partial charge in [0.15, 0.2) is 0 Å². The van der Waals surface area contributed by atoms with Gasteiger partial charge in [-0.1, -0.05) is 6.07 Å². The van der Waals surface area contributed by atoms with Gasteiger partial charge in [0.2, 0.25) is 5.60 Å². The number of nitrogens with one attached hydrogen (secondary N) is 1. The molecule has 1 unspecified atom stereocenters. The van der Waals surface area contributed by atoms with Gasteiger partial charge >= 0.3 is 0 Å². The van der Waals surface area contributed by atoms with Crippen molar-refractivity contribution in [3.8, 4) is 0 Å². The molecule has 3 saturated heterocycles. The van der Waals surface area contributed by atoms with Crippen molar-refractivity contribution in [1.29, 1.82) is 0 Å². The quantitative estimate of drug-likeness (QED) is 0.896. The van der Waals surface area contributed by atoms with E-state index >= 15 is 0 Å². The number of carbonyl (C=O) groups excluding carboxylic acids is 1. The lowest BCUT2D eigenvalue weighted by atomic mass is 9.83. The molecule has 23 heavy (non-hydrogen) atoms. The summed E-state index contributed by atoms with van der Waals surface area (Å²) in [4.78, 5) is 16.0. The van der Waals surface area contributed by atoms with Crippen molar-refractivity contribution in [2.45, 2.75) is 24.5 Å². The minimum Gasteiger partial charge on any atom is -0.472 e. The molecule has 0 radical (unpaired) electrons. The van der Waals surface area contributed by atoms with Crippen molar-refractivity contribution in [2.24, 2.45) is 5.92 Å². The third kappa shape index (κ3) is 2.51. The summed E-state index contributed by atoms with van der Waals surface area (Å²) in [6.45, 7) is 3.12. The Morgan fingerprint density at radius 2 is 2.22 bits per heavy atom. The van der Waals surface area contributed by atoms with Crippen LogP contribution in [0.2, 0.25) is 0 Å². The molecule has 2 aromatic rings. The van der Waals surface area contributed by atoms with E-state index in [1.807, 2.05) is 11.4 Å². The Hall–Kier alpha value is -1.63. The second-order valence-corrected chi connectivity index (χ2v) is 7.37. The number of carbonyl (C=O) groups is 1. The topological polar surface area (TPSA) is 65.7 Å². The van der Waals surface area contributed by atoms with E-state index in [4.69, 9.17) is 4.42 Å². The van der Waals surface area contributed by atoms with Crippen LogP contribution in [-0.4, -0.2) is 41.6 Å². The average Bonchev–Trinajstić information content (AvgIpc) is 3.29. The van der Waals surface area contributed by atoms with Crippen LogP contribution in [0.5, 0.6) is 0 Å². The summed E-state index contributed by atoms with van der Waals surface area (Å²) in [5, 5.41) is 16.2. The number of hydrogen-bond acceptors (Lipinski definition) is 5. The Labute approximate surface area is 138 Å². The maximum atomic E-state index is 13.0. The summed E-state index contributed by atoms with van der Waals surface area (Å²) in [6.07, 6.45) is 5.16. The van der Waals surface area contributed by atoms with Crippen molar-refractivity contribution in [1.82, 2.24) is 10.2 Å². The summed E-state index contributed by atoms with van der Waals surface area (Å²) < 4.78 is 5.10. The van der Waals surface area contributed by atoms with Crippen LogP contribution >= 0.6 is 11.3 Å². The molecule has 122 valence electrons. The van der Waals surface area contributed by atoms with Gasteiger partial charge < -0.3 is 19.7 Å². The zero-order valence-corrected chi connectivity index (χ0v) is 13.6. The fourth-order valence-corrected chi connectivity index (χ4v) is 4.58. The van der Waals surface area contributed by atoms with Crippen molar-refractivity contribution < 1.29 is 14.3 Å². The zero-order chi connectivity index (χ0) is 15.9. The largest absolute Gasteiger partial charge is 0.472 e. The highest BCUT2D eigenvalue weighted by Gasteiger charge is 2.44. The number of furan rings is 1. The first-order chi connectivity index (χ1) is 11.2. The van der Waals surface area contributed by atoms with Gasteiger partial charge in [-0.2, -0.15) is 0 Å².